The van der Waals surface area contributed by atoms with Gasteiger partial charge in [-0.3, -0.25) is 8.99 Å². The number of hydrogen-bond donors (Lipinski definition) is 0. The maximum atomic E-state index is 12.9. The summed E-state index contributed by atoms with van der Waals surface area (Å²) >= 11 is 0. The second-order valence-electron chi connectivity index (χ2n) is 5.08. The molecule has 2 heterocycles. The molecule has 6 heteroatoms. The summed E-state index contributed by atoms with van der Waals surface area (Å²) in [7, 11) is -1.78. The number of aromatic nitrogens is 2. The van der Waals surface area contributed by atoms with Crippen molar-refractivity contribution in [2.24, 2.45) is 7.05 Å². The van der Waals surface area contributed by atoms with E-state index in [1.807, 2.05) is 24.3 Å². The molecule has 0 atom stereocenters. The van der Waals surface area contributed by atoms with Crippen LogP contribution in [0.5, 0.6) is 0 Å². The Balaban J connectivity index is 2.15. The average molecular weight is 291 g/mol. The Morgan fingerprint density at radius 2 is 1.90 bits per heavy atom. The maximum absolute atomic E-state index is 12.9. The summed E-state index contributed by atoms with van der Waals surface area (Å²) in [4.78, 5) is 0.330. The molecular weight excluding hydrogens is 274 g/mol. The minimum Gasteiger partial charge on any atom is -0.271 e. The van der Waals surface area contributed by atoms with E-state index < -0.39 is 10.0 Å². The van der Waals surface area contributed by atoms with E-state index in [0.29, 0.717) is 22.8 Å². The summed E-state index contributed by atoms with van der Waals surface area (Å²) in [6.45, 7) is 4.02. The Bertz CT molecular complexity index is 778. The van der Waals surface area contributed by atoms with Crippen molar-refractivity contribution in [2.45, 2.75) is 25.2 Å². The Morgan fingerprint density at radius 1 is 1.20 bits per heavy atom. The lowest BCUT2D eigenvalue weighted by molar-refractivity contribution is 0.590. The van der Waals surface area contributed by atoms with Crippen molar-refractivity contribution >= 4 is 15.7 Å². The highest BCUT2D eigenvalue weighted by Crippen LogP contribution is 2.34. The Morgan fingerprint density at radius 3 is 2.55 bits per heavy atom. The van der Waals surface area contributed by atoms with Gasteiger partial charge in [0.15, 0.2) is 0 Å². The van der Waals surface area contributed by atoms with Crippen LogP contribution in [0.15, 0.2) is 29.2 Å². The van der Waals surface area contributed by atoms with Gasteiger partial charge in [0, 0.05) is 13.6 Å². The molecule has 5 nitrogen and oxygen atoms in total. The van der Waals surface area contributed by atoms with Crippen molar-refractivity contribution < 1.29 is 8.42 Å². The molecule has 0 amide bonds. The molecule has 0 saturated heterocycles. The van der Waals surface area contributed by atoms with Crippen molar-refractivity contribution in [3.8, 4) is 0 Å². The van der Waals surface area contributed by atoms with Gasteiger partial charge in [0.05, 0.1) is 17.1 Å². The third kappa shape index (κ3) is 1.75. The van der Waals surface area contributed by atoms with E-state index in [1.54, 1.807) is 25.6 Å². The highest BCUT2D eigenvalue weighted by atomic mass is 32.2. The smallest absolute Gasteiger partial charge is 0.268 e. The Hall–Kier alpha value is -1.82. The van der Waals surface area contributed by atoms with Gasteiger partial charge in [-0.2, -0.15) is 5.10 Å². The normalized spacial score (nSPS) is 14.7. The number of anilines is 1. The van der Waals surface area contributed by atoms with Crippen LogP contribution in [0.3, 0.4) is 0 Å². The van der Waals surface area contributed by atoms with Crippen LogP contribution in [0, 0.1) is 13.8 Å². The van der Waals surface area contributed by atoms with Crippen LogP contribution in [0.25, 0.3) is 0 Å². The second-order valence-corrected chi connectivity index (χ2v) is 6.88. The van der Waals surface area contributed by atoms with Gasteiger partial charge in [-0.1, -0.05) is 18.2 Å². The van der Waals surface area contributed by atoms with Crippen molar-refractivity contribution in [3.63, 3.8) is 0 Å². The molecular formula is C14H17N3O2S. The second kappa shape index (κ2) is 4.34. The van der Waals surface area contributed by atoms with Gasteiger partial charge in [0.2, 0.25) is 0 Å². The van der Waals surface area contributed by atoms with Crippen molar-refractivity contribution in [3.05, 3.63) is 41.2 Å². The van der Waals surface area contributed by atoms with Crippen LogP contribution >= 0.6 is 0 Å². The lowest BCUT2D eigenvalue weighted by Gasteiger charge is -2.19. The van der Waals surface area contributed by atoms with Gasteiger partial charge in [-0.25, -0.2) is 8.42 Å². The van der Waals surface area contributed by atoms with Crippen LogP contribution in [0.4, 0.5) is 5.69 Å². The average Bonchev–Trinajstić information content (AvgIpc) is 2.92. The third-order valence-corrected chi connectivity index (χ3v) is 5.90. The maximum Gasteiger partial charge on any atom is 0.268 e. The number of sulfonamides is 1. The Labute approximate surface area is 118 Å². The van der Waals surface area contributed by atoms with Gasteiger partial charge in [-0.05, 0) is 31.9 Å². The number of para-hydroxylation sites is 1. The van der Waals surface area contributed by atoms with E-state index >= 15 is 0 Å². The highest BCUT2D eigenvalue weighted by molar-refractivity contribution is 7.93. The zero-order valence-corrected chi connectivity index (χ0v) is 12.6. The number of hydrogen-bond acceptors (Lipinski definition) is 3. The zero-order valence-electron chi connectivity index (χ0n) is 11.8. The quantitative estimate of drug-likeness (QED) is 0.847. The number of nitrogens with zero attached hydrogens (tertiary/aromatic N) is 3. The zero-order chi connectivity index (χ0) is 14.5. The summed E-state index contributed by atoms with van der Waals surface area (Å²) in [6, 6.07) is 7.65. The lowest BCUT2D eigenvalue weighted by atomic mass is 10.2. The van der Waals surface area contributed by atoms with Crippen LogP contribution < -0.4 is 4.31 Å². The highest BCUT2D eigenvalue weighted by Gasteiger charge is 2.34. The predicted molar refractivity (Wildman–Crippen MR) is 77.4 cm³/mol. The van der Waals surface area contributed by atoms with Crippen molar-refractivity contribution in [1.29, 1.82) is 0 Å². The SMILES string of the molecule is Cc1nn(C)c(C)c1S(=O)(=O)N1CCc2ccccc21. The number of fused-ring (bicyclic) bond motifs is 1. The first-order valence-electron chi connectivity index (χ1n) is 6.54. The molecule has 3 rings (SSSR count). The summed E-state index contributed by atoms with van der Waals surface area (Å²) in [5.41, 5.74) is 3.09. The van der Waals surface area contributed by atoms with Gasteiger partial charge in [0.1, 0.15) is 4.90 Å². The number of rotatable bonds is 2. The summed E-state index contributed by atoms with van der Waals surface area (Å²) in [6.07, 6.45) is 0.758. The molecule has 0 aliphatic carbocycles. The fourth-order valence-electron chi connectivity index (χ4n) is 2.80. The standard InChI is InChI=1S/C14H17N3O2S/c1-10-14(11(2)16(3)15-10)20(18,19)17-9-8-12-6-4-5-7-13(12)17/h4-7H,8-9H2,1-3H3. The van der Waals surface area contributed by atoms with Crippen LogP contribution in [0.1, 0.15) is 17.0 Å². The molecule has 0 fully saturated rings. The number of aryl methyl sites for hydroxylation is 2. The molecule has 0 bridgehead atoms. The number of benzene rings is 1. The van der Waals surface area contributed by atoms with Crippen LogP contribution in [-0.2, 0) is 23.5 Å². The molecule has 1 aliphatic rings. The summed E-state index contributed by atoms with van der Waals surface area (Å²) in [5.74, 6) is 0. The molecule has 2 aromatic rings. The van der Waals surface area contributed by atoms with Crippen molar-refractivity contribution in [2.75, 3.05) is 10.8 Å². The van der Waals surface area contributed by atoms with Gasteiger partial charge in [-0.15, -0.1) is 0 Å². The molecule has 1 aliphatic heterocycles. The van der Waals surface area contributed by atoms with E-state index in [2.05, 4.69) is 5.10 Å². The van der Waals surface area contributed by atoms with Gasteiger partial charge >= 0.3 is 0 Å². The molecule has 1 aromatic heterocycles. The van der Waals surface area contributed by atoms with Crippen molar-refractivity contribution in [1.82, 2.24) is 9.78 Å². The molecule has 1 aromatic carbocycles. The van der Waals surface area contributed by atoms with E-state index in [0.717, 1.165) is 17.7 Å². The topological polar surface area (TPSA) is 55.2 Å². The Kier molecular flexibility index (Phi) is 2.86. The van der Waals surface area contributed by atoms with Gasteiger partial charge < -0.3 is 0 Å². The van der Waals surface area contributed by atoms with E-state index in [-0.39, 0.29) is 0 Å². The molecule has 0 radical (unpaired) electrons. The monoisotopic (exact) mass is 291 g/mol. The molecule has 0 unspecified atom stereocenters. The minimum absolute atomic E-state index is 0.330. The summed E-state index contributed by atoms with van der Waals surface area (Å²) < 4.78 is 29.0. The van der Waals surface area contributed by atoms with Gasteiger partial charge in [0.25, 0.3) is 10.0 Å². The van der Waals surface area contributed by atoms with E-state index in [9.17, 15) is 8.42 Å². The first-order valence-corrected chi connectivity index (χ1v) is 7.98. The molecule has 0 saturated carbocycles. The van der Waals surface area contributed by atoms with E-state index in [1.165, 1.54) is 4.31 Å². The summed E-state index contributed by atoms with van der Waals surface area (Å²) in [5, 5.41) is 4.22. The molecule has 20 heavy (non-hydrogen) atoms. The first kappa shape index (κ1) is 13.2. The molecule has 0 spiro atoms. The van der Waals surface area contributed by atoms with Crippen LogP contribution in [-0.4, -0.2) is 24.7 Å². The fourth-order valence-corrected chi connectivity index (χ4v) is 4.70. The molecule has 0 N–H and O–H groups in total. The molecule has 106 valence electrons. The predicted octanol–water partition coefficient (Wildman–Crippen LogP) is 1.79. The minimum atomic E-state index is -3.54. The first-order chi connectivity index (χ1) is 9.43. The van der Waals surface area contributed by atoms with Crippen LogP contribution in [0.2, 0.25) is 0 Å². The fraction of sp³-hybridized carbons (Fsp3) is 0.357. The third-order valence-electron chi connectivity index (χ3n) is 3.84. The largest absolute Gasteiger partial charge is 0.271 e. The lowest BCUT2D eigenvalue weighted by Crippen LogP contribution is -2.30. The van der Waals surface area contributed by atoms with E-state index in [4.69, 9.17) is 0 Å².